The van der Waals surface area contributed by atoms with Crippen LogP contribution in [-0.4, -0.2) is 15.0 Å². The summed E-state index contributed by atoms with van der Waals surface area (Å²) in [4.78, 5) is 14.7. The Morgan fingerprint density at radius 2 is 0.848 bits per heavy atom. The van der Waals surface area contributed by atoms with E-state index in [4.69, 9.17) is 15.0 Å². The zero-order valence-electron chi connectivity index (χ0n) is 36.7. The van der Waals surface area contributed by atoms with E-state index in [0.717, 1.165) is 76.1 Å². The molecule has 0 aliphatic heterocycles. The second kappa shape index (κ2) is 20.6. The molecule has 3 heterocycles. The Hall–Kier alpha value is -7.36. The van der Waals surface area contributed by atoms with E-state index in [9.17, 15) is 0 Å². The van der Waals surface area contributed by atoms with Crippen LogP contribution < -0.4 is 0 Å². The van der Waals surface area contributed by atoms with Gasteiger partial charge in [0.15, 0.2) is 0 Å². The molecule has 0 saturated carbocycles. The van der Waals surface area contributed by atoms with Gasteiger partial charge in [-0.25, -0.2) is 0 Å². The van der Waals surface area contributed by atoms with Gasteiger partial charge in [0, 0.05) is 24.2 Å². The van der Waals surface area contributed by atoms with Crippen LogP contribution in [0.5, 0.6) is 0 Å². The Labute approximate surface area is 402 Å². The summed E-state index contributed by atoms with van der Waals surface area (Å²) in [5.41, 5.74) is 21.3. The van der Waals surface area contributed by atoms with Crippen molar-refractivity contribution >= 4 is 0 Å². The van der Waals surface area contributed by atoms with Gasteiger partial charge in [-0.2, -0.15) is 0 Å². The molecule has 3 aromatic heterocycles. The minimum absolute atomic E-state index is 0. The van der Waals surface area contributed by atoms with Gasteiger partial charge in [0.05, 0.1) is 0 Å². The van der Waals surface area contributed by atoms with Crippen molar-refractivity contribution in [3.8, 4) is 78.3 Å². The van der Waals surface area contributed by atoms with E-state index in [1.165, 1.54) is 55.6 Å². The van der Waals surface area contributed by atoms with Crippen LogP contribution in [0.15, 0.2) is 213 Å². The van der Waals surface area contributed by atoms with Gasteiger partial charge in [0.25, 0.3) is 0 Å². The Morgan fingerprint density at radius 3 is 1.38 bits per heavy atom. The third-order valence-corrected chi connectivity index (χ3v) is 12.1. The van der Waals surface area contributed by atoms with Crippen molar-refractivity contribution < 1.29 is 20.1 Å². The van der Waals surface area contributed by atoms with Crippen LogP contribution in [0.3, 0.4) is 0 Å². The van der Waals surface area contributed by atoms with E-state index < -0.39 is 0 Å². The van der Waals surface area contributed by atoms with E-state index >= 15 is 0 Å². The van der Waals surface area contributed by atoms with Gasteiger partial charge in [0.1, 0.15) is 0 Å². The van der Waals surface area contributed by atoms with Gasteiger partial charge in [-0.05, 0) is 116 Å². The number of aromatic nitrogens is 3. The number of aryl methyl sites for hydroxylation is 5. The Kier molecular flexibility index (Phi) is 13.7. The van der Waals surface area contributed by atoms with E-state index in [1.54, 1.807) is 0 Å². The van der Waals surface area contributed by atoms with Crippen LogP contribution in [-0.2, 0) is 45.8 Å². The number of hydrogen-bond donors (Lipinski definition) is 0. The average Bonchev–Trinajstić information content (AvgIpc) is 3.38. The van der Waals surface area contributed by atoms with Gasteiger partial charge < -0.3 is 15.0 Å². The summed E-state index contributed by atoms with van der Waals surface area (Å²) in [6, 6.07) is 78.3. The fraction of sp³-hybridized carbons (Fsp3) is 0.0806. The summed E-state index contributed by atoms with van der Waals surface area (Å²) in [6.07, 6.45) is 9.61. The normalized spacial score (nSPS) is 10.9. The molecular weight excluding hydrogens is 979 g/mol. The maximum atomic E-state index is 5.11. The molecule has 7 aromatic carbocycles. The molecule has 0 N–H and O–H groups in total. The van der Waals surface area contributed by atoms with Crippen molar-refractivity contribution in [1.82, 2.24) is 15.0 Å². The third kappa shape index (κ3) is 10.1. The second-order valence-electron chi connectivity index (χ2n) is 16.5. The molecule has 10 aromatic rings. The average molecular weight is 1030 g/mol. The number of pyridine rings is 3. The molecule has 66 heavy (non-hydrogen) atoms. The molecule has 10 rings (SSSR count). The van der Waals surface area contributed by atoms with Crippen LogP contribution in [0.4, 0.5) is 0 Å². The van der Waals surface area contributed by atoms with Crippen LogP contribution in [0.2, 0.25) is 0 Å². The van der Waals surface area contributed by atoms with Crippen molar-refractivity contribution in [3.63, 3.8) is 0 Å². The Morgan fingerprint density at radius 1 is 0.333 bits per heavy atom. The number of hydrogen-bond acceptors (Lipinski definition) is 3. The largest absolute Gasteiger partial charge is 3.00 e. The smallest absolute Gasteiger partial charge is 0.304 e. The molecular formula is C62H46IrN3. The summed E-state index contributed by atoms with van der Waals surface area (Å²) in [5.74, 6) is 0. The quantitative estimate of drug-likeness (QED) is 0.108. The second-order valence-corrected chi connectivity index (χ2v) is 16.5. The Bertz CT molecular complexity index is 3060. The standard InChI is InChI=1S/C62H46N3.Ir/c1-44-36-53(49-16-6-2-7-17-49)32-33-55(44)58-40-62(52-22-12-5-13-23-52)65-43-59(58)57-25-15-14-24-56(57)54-38-47(28-26-45-30-34-60(63-41-45)50-18-8-3-9-19-50)37-48(39-54)29-27-46-31-35-61(64-42-46)51-20-10-4-11-21-51;/h2-18,20,22,24-25,30-43H,26-29H2,1H3;/q-3;+3. The summed E-state index contributed by atoms with van der Waals surface area (Å²) >= 11 is 0. The fourth-order valence-corrected chi connectivity index (χ4v) is 8.69. The van der Waals surface area contributed by atoms with Gasteiger partial charge in [0.2, 0.25) is 0 Å². The molecule has 0 aliphatic carbocycles. The molecule has 4 heteroatoms. The molecule has 318 valence electrons. The minimum Gasteiger partial charge on any atom is -0.304 e. The first kappa shape index (κ1) is 43.9. The van der Waals surface area contributed by atoms with Gasteiger partial charge in [-0.15, -0.1) is 108 Å². The maximum Gasteiger partial charge on any atom is 3.00 e. The van der Waals surface area contributed by atoms with Crippen LogP contribution >= 0.6 is 0 Å². The molecule has 0 bridgehead atoms. The molecule has 0 atom stereocenters. The monoisotopic (exact) mass is 1030 g/mol. The summed E-state index contributed by atoms with van der Waals surface area (Å²) in [5, 5.41) is 0. The summed E-state index contributed by atoms with van der Waals surface area (Å²) in [6.45, 7) is 2.22. The minimum atomic E-state index is 0. The number of rotatable bonds is 13. The maximum absolute atomic E-state index is 5.11. The first-order valence-corrected chi connectivity index (χ1v) is 22.3. The predicted molar refractivity (Wildman–Crippen MR) is 267 cm³/mol. The van der Waals surface area contributed by atoms with E-state index in [2.05, 4.69) is 171 Å². The van der Waals surface area contributed by atoms with Gasteiger partial charge in [-0.1, -0.05) is 121 Å². The Balaban J connectivity index is 0.00000548. The predicted octanol–water partition coefficient (Wildman–Crippen LogP) is 14.8. The van der Waals surface area contributed by atoms with Crippen molar-refractivity contribution in [2.24, 2.45) is 0 Å². The van der Waals surface area contributed by atoms with Crippen molar-refractivity contribution in [1.29, 1.82) is 0 Å². The molecule has 0 amide bonds. The van der Waals surface area contributed by atoms with Crippen LogP contribution in [0.25, 0.3) is 78.3 Å². The van der Waals surface area contributed by atoms with E-state index in [1.807, 2.05) is 67.0 Å². The SMILES string of the molecule is Cc1cc(-c2ccccc2)ccc1-c1cc(-c2[c-]cccc2)ncc1-c1ccccc1-c1cc(CCc2ccc(-c3[c-]cccc3)nc2)cc(CCc2ccc(-c3[c-]cccc3)nc2)c1.[Ir+3]. The first-order valence-electron chi connectivity index (χ1n) is 22.3. The zero-order valence-corrected chi connectivity index (χ0v) is 39.1. The molecule has 0 fully saturated rings. The fourth-order valence-electron chi connectivity index (χ4n) is 8.69. The topological polar surface area (TPSA) is 38.7 Å². The van der Waals surface area contributed by atoms with Crippen molar-refractivity contribution in [2.45, 2.75) is 32.6 Å². The van der Waals surface area contributed by atoms with Crippen LogP contribution in [0, 0.1) is 25.1 Å². The van der Waals surface area contributed by atoms with Crippen molar-refractivity contribution in [3.05, 3.63) is 259 Å². The van der Waals surface area contributed by atoms with E-state index in [0.29, 0.717) is 0 Å². The first-order chi connectivity index (χ1) is 32.1. The number of nitrogens with zero attached hydrogens (tertiary/aromatic N) is 3. The van der Waals surface area contributed by atoms with Gasteiger partial charge in [-0.3, -0.25) is 0 Å². The summed E-state index contributed by atoms with van der Waals surface area (Å²) in [7, 11) is 0. The van der Waals surface area contributed by atoms with Crippen molar-refractivity contribution in [2.75, 3.05) is 0 Å². The molecule has 0 unspecified atom stereocenters. The number of benzene rings is 7. The van der Waals surface area contributed by atoms with Crippen LogP contribution in [0.1, 0.15) is 27.8 Å². The molecule has 0 radical (unpaired) electrons. The molecule has 3 nitrogen and oxygen atoms in total. The summed E-state index contributed by atoms with van der Waals surface area (Å²) < 4.78 is 0. The van der Waals surface area contributed by atoms with E-state index in [-0.39, 0.29) is 20.1 Å². The van der Waals surface area contributed by atoms with Gasteiger partial charge >= 0.3 is 20.1 Å². The third-order valence-electron chi connectivity index (χ3n) is 12.1. The zero-order chi connectivity index (χ0) is 43.8. The molecule has 0 spiro atoms. The molecule has 0 saturated heterocycles. The molecule has 0 aliphatic rings.